The van der Waals surface area contributed by atoms with Crippen molar-refractivity contribution in [2.24, 2.45) is 5.92 Å². The van der Waals surface area contributed by atoms with Crippen LogP contribution in [0.5, 0.6) is 0 Å². The zero-order valence-corrected chi connectivity index (χ0v) is 30.5. The van der Waals surface area contributed by atoms with Gasteiger partial charge in [0.1, 0.15) is 6.04 Å². The molecular formula is C33H59N7O11. The lowest BCUT2D eigenvalue weighted by Crippen LogP contribution is -2.51. The van der Waals surface area contributed by atoms with E-state index in [9.17, 15) is 54.0 Å². The molecule has 18 heteroatoms. The van der Waals surface area contributed by atoms with Gasteiger partial charge in [-0.15, -0.1) is 0 Å². The maximum absolute atomic E-state index is 13.0. The number of nitrogens with one attached hydrogen (secondary N) is 3. The predicted octanol–water partition coefficient (Wildman–Crippen LogP) is -1.31. The van der Waals surface area contributed by atoms with E-state index >= 15 is 0 Å². The molecule has 0 saturated carbocycles. The highest BCUT2D eigenvalue weighted by molar-refractivity contribution is 5.86. The standard InChI is InChI=1S/C33H59N7O11/c1-23(2)32(49)25(35-24(3)4)7-5-6-10-34-27(41)9-8-26(33(50)51)36-28(42)19-37-11-13-38(20-29(43)44)15-17-40(22-31(47)48)18-16-39(14-12-37)21-30(45)46/h23-26,35H,5-22H2,1-4H3,(H,34,41)(H,36,42)(H,43,44)(H,45,46)(H,47,48)(H,50,51)/t25-,26+/m1/s1. The third-order valence-corrected chi connectivity index (χ3v) is 8.36. The van der Waals surface area contributed by atoms with E-state index < -0.39 is 35.8 Å². The summed E-state index contributed by atoms with van der Waals surface area (Å²) in [6.45, 7) is 8.53. The van der Waals surface area contributed by atoms with E-state index in [0.717, 1.165) is 0 Å². The number of carboxylic acid groups (broad SMARTS) is 4. The Hall–Kier alpha value is -3.71. The van der Waals surface area contributed by atoms with Crippen LogP contribution in [0.25, 0.3) is 0 Å². The second-order valence-electron chi connectivity index (χ2n) is 13.6. The number of carbonyl (C=O) groups excluding carboxylic acids is 3. The number of hydrogen-bond acceptors (Lipinski definition) is 12. The van der Waals surface area contributed by atoms with Gasteiger partial charge in [0.2, 0.25) is 11.8 Å². The first-order chi connectivity index (χ1) is 24.0. The molecule has 51 heavy (non-hydrogen) atoms. The van der Waals surface area contributed by atoms with Crippen LogP contribution in [-0.4, -0.2) is 185 Å². The van der Waals surface area contributed by atoms with E-state index in [1.807, 2.05) is 27.7 Å². The molecule has 18 nitrogen and oxygen atoms in total. The lowest BCUT2D eigenvalue weighted by atomic mass is 9.96. The first-order valence-corrected chi connectivity index (χ1v) is 17.6. The number of aliphatic carboxylic acids is 4. The van der Waals surface area contributed by atoms with Crippen LogP contribution in [0.1, 0.15) is 59.8 Å². The SMILES string of the molecule is CC(C)N[C@H](CCCCNC(=O)CC[C@H](NC(=O)CN1CCN(CC(=O)O)CCN(CC(=O)O)CCN(CC(=O)O)CC1)C(=O)O)C(=O)C(C)C. The number of hydrogen-bond donors (Lipinski definition) is 7. The highest BCUT2D eigenvalue weighted by Crippen LogP contribution is 2.09. The Kier molecular flexibility index (Phi) is 21.7. The van der Waals surface area contributed by atoms with Gasteiger partial charge in [0.05, 0.1) is 32.2 Å². The molecular weight excluding hydrogens is 670 g/mol. The van der Waals surface area contributed by atoms with Crippen LogP contribution in [0, 0.1) is 5.92 Å². The van der Waals surface area contributed by atoms with Gasteiger partial charge in [-0.1, -0.05) is 27.7 Å². The molecule has 2 amide bonds. The molecule has 0 aliphatic carbocycles. The predicted molar refractivity (Wildman–Crippen MR) is 186 cm³/mol. The third kappa shape index (κ3) is 21.3. The minimum Gasteiger partial charge on any atom is -0.480 e. The lowest BCUT2D eigenvalue weighted by Gasteiger charge is -2.33. The number of unbranched alkanes of at least 4 members (excludes halogenated alkanes) is 1. The summed E-state index contributed by atoms with van der Waals surface area (Å²) in [6.07, 6.45) is 1.69. The van der Waals surface area contributed by atoms with Crippen molar-refractivity contribution in [3.05, 3.63) is 0 Å². The Morgan fingerprint density at radius 3 is 1.37 bits per heavy atom. The normalized spacial score (nSPS) is 17.2. The zero-order valence-electron chi connectivity index (χ0n) is 30.5. The van der Waals surface area contributed by atoms with Gasteiger partial charge in [-0.25, -0.2) is 4.79 Å². The second kappa shape index (κ2) is 24.5. The van der Waals surface area contributed by atoms with Gasteiger partial charge >= 0.3 is 23.9 Å². The van der Waals surface area contributed by atoms with Crippen molar-refractivity contribution in [1.29, 1.82) is 0 Å². The topological polar surface area (TPSA) is 249 Å². The minimum absolute atomic E-state index is 0.0932. The molecule has 1 aliphatic rings. The van der Waals surface area contributed by atoms with Crippen molar-refractivity contribution < 1.29 is 54.0 Å². The number of Topliss-reactive ketones (excluding diaryl/α,β-unsaturated/α-hetero) is 1. The van der Waals surface area contributed by atoms with Crippen LogP contribution in [-0.2, 0) is 33.6 Å². The van der Waals surface area contributed by atoms with Crippen LogP contribution >= 0.6 is 0 Å². The van der Waals surface area contributed by atoms with Crippen LogP contribution in [0.4, 0.5) is 0 Å². The van der Waals surface area contributed by atoms with Crippen LogP contribution in [0.2, 0.25) is 0 Å². The first-order valence-electron chi connectivity index (χ1n) is 17.6. The van der Waals surface area contributed by atoms with Gasteiger partial charge in [0.25, 0.3) is 0 Å². The van der Waals surface area contributed by atoms with E-state index in [-0.39, 0.29) is 121 Å². The summed E-state index contributed by atoms with van der Waals surface area (Å²) < 4.78 is 0. The maximum Gasteiger partial charge on any atom is 0.326 e. The second-order valence-corrected chi connectivity index (χ2v) is 13.6. The van der Waals surface area contributed by atoms with Crippen molar-refractivity contribution >= 4 is 41.5 Å². The summed E-state index contributed by atoms with van der Waals surface area (Å²) in [6, 6.07) is -1.44. The number of rotatable bonds is 22. The summed E-state index contributed by atoms with van der Waals surface area (Å²) in [7, 11) is 0. The third-order valence-electron chi connectivity index (χ3n) is 8.36. The van der Waals surface area contributed by atoms with Crippen LogP contribution in [0.3, 0.4) is 0 Å². The largest absolute Gasteiger partial charge is 0.480 e. The number of nitrogens with zero attached hydrogens (tertiary/aromatic N) is 4. The van der Waals surface area contributed by atoms with Crippen LogP contribution < -0.4 is 16.0 Å². The molecule has 0 spiro atoms. The van der Waals surface area contributed by atoms with Gasteiger partial charge in [0.15, 0.2) is 5.78 Å². The lowest BCUT2D eigenvalue weighted by molar-refractivity contribution is -0.142. The van der Waals surface area contributed by atoms with Crippen molar-refractivity contribution in [2.75, 3.05) is 85.1 Å². The van der Waals surface area contributed by atoms with E-state index in [0.29, 0.717) is 25.8 Å². The quantitative estimate of drug-likeness (QED) is 0.0639. The van der Waals surface area contributed by atoms with Gasteiger partial charge in [0, 0.05) is 77.3 Å². The Morgan fingerprint density at radius 2 is 1.00 bits per heavy atom. The zero-order chi connectivity index (χ0) is 38.5. The summed E-state index contributed by atoms with van der Waals surface area (Å²) in [4.78, 5) is 90.8. The average molecular weight is 730 g/mol. The molecule has 0 aromatic rings. The van der Waals surface area contributed by atoms with E-state index in [1.54, 1.807) is 19.6 Å². The molecule has 1 aliphatic heterocycles. The molecule has 0 unspecified atom stereocenters. The Labute approximate surface area is 299 Å². The monoisotopic (exact) mass is 729 g/mol. The molecule has 2 atom stereocenters. The molecule has 292 valence electrons. The fraction of sp³-hybridized carbons (Fsp3) is 0.788. The number of carbonyl (C=O) groups is 7. The van der Waals surface area contributed by atoms with Gasteiger partial charge in [-0.2, -0.15) is 0 Å². The molecule has 0 aromatic heterocycles. The molecule has 0 bridgehead atoms. The Bertz CT molecular complexity index is 1120. The van der Waals surface area contributed by atoms with Crippen molar-refractivity contribution in [2.45, 2.75) is 77.9 Å². The molecule has 7 N–H and O–H groups in total. The molecule has 1 heterocycles. The summed E-state index contributed by atoms with van der Waals surface area (Å²) in [5.74, 6) is -5.48. The summed E-state index contributed by atoms with van der Waals surface area (Å²) in [5, 5.41) is 46.4. The van der Waals surface area contributed by atoms with E-state index in [1.165, 1.54) is 0 Å². The highest BCUT2D eigenvalue weighted by atomic mass is 16.4. The minimum atomic E-state index is -1.34. The first kappa shape index (κ1) is 45.3. The van der Waals surface area contributed by atoms with E-state index in [4.69, 9.17) is 0 Å². The fourth-order valence-electron chi connectivity index (χ4n) is 5.66. The number of carboxylic acids is 4. The van der Waals surface area contributed by atoms with Crippen LogP contribution in [0.15, 0.2) is 0 Å². The highest BCUT2D eigenvalue weighted by Gasteiger charge is 2.25. The number of amides is 2. The molecule has 1 fully saturated rings. The summed E-state index contributed by atoms with van der Waals surface area (Å²) in [5.41, 5.74) is 0. The smallest absolute Gasteiger partial charge is 0.326 e. The van der Waals surface area contributed by atoms with E-state index in [2.05, 4.69) is 16.0 Å². The molecule has 0 radical (unpaired) electrons. The fourth-order valence-corrected chi connectivity index (χ4v) is 5.66. The molecule has 1 saturated heterocycles. The Morgan fingerprint density at radius 1 is 0.569 bits per heavy atom. The number of ketones is 1. The van der Waals surface area contributed by atoms with Crippen molar-refractivity contribution in [1.82, 2.24) is 35.6 Å². The maximum atomic E-state index is 13.0. The average Bonchev–Trinajstić information content (AvgIpc) is 3.01. The summed E-state index contributed by atoms with van der Waals surface area (Å²) >= 11 is 0. The molecule has 1 rings (SSSR count). The van der Waals surface area contributed by atoms with Crippen molar-refractivity contribution in [3.8, 4) is 0 Å². The Balaban J connectivity index is 2.76. The van der Waals surface area contributed by atoms with Crippen molar-refractivity contribution in [3.63, 3.8) is 0 Å². The van der Waals surface area contributed by atoms with Gasteiger partial charge in [-0.05, 0) is 25.7 Å². The molecule has 0 aromatic carbocycles. The van der Waals surface area contributed by atoms with Gasteiger partial charge in [-0.3, -0.25) is 48.4 Å². The van der Waals surface area contributed by atoms with Gasteiger partial charge < -0.3 is 36.4 Å².